The third-order valence-electron chi connectivity index (χ3n) is 2.77. The summed E-state index contributed by atoms with van der Waals surface area (Å²) in [6.45, 7) is 4.18. The van der Waals surface area contributed by atoms with Crippen LogP contribution in [0.3, 0.4) is 0 Å². The molecular weight excluding hydrogens is 248 g/mol. The van der Waals surface area contributed by atoms with E-state index in [0.717, 1.165) is 0 Å². The summed E-state index contributed by atoms with van der Waals surface area (Å²) in [5.41, 5.74) is -0.488. The second kappa shape index (κ2) is 6.29. The molecule has 6 nitrogen and oxygen atoms in total. The van der Waals surface area contributed by atoms with Gasteiger partial charge in [0, 0.05) is 19.3 Å². The molecule has 0 radical (unpaired) electrons. The molecule has 0 saturated carbocycles. The first kappa shape index (κ1) is 15.1. The molecule has 1 aromatic heterocycles. The van der Waals surface area contributed by atoms with E-state index in [-0.39, 0.29) is 23.3 Å². The van der Waals surface area contributed by atoms with Crippen molar-refractivity contribution >= 4 is 11.9 Å². The fourth-order valence-corrected chi connectivity index (χ4v) is 1.55. The van der Waals surface area contributed by atoms with Crippen LogP contribution in [-0.4, -0.2) is 40.2 Å². The second-order valence-corrected chi connectivity index (χ2v) is 5.03. The van der Waals surface area contributed by atoms with Gasteiger partial charge in [-0.2, -0.15) is 0 Å². The summed E-state index contributed by atoms with van der Waals surface area (Å²) in [7, 11) is 0. The molecule has 1 aromatic rings. The fraction of sp³-hybridized carbons (Fsp3) is 0.462. The number of carbonyl (C=O) groups is 2. The lowest BCUT2D eigenvalue weighted by atomic mass is 9.90. The number of hydrogen-bond donors (Lipinski definition) is 3. The van der Waals surface area contributed by atoms with E-state index in [1.165, 1.54) is 18.3 Å². The molecule has 0 atom stereocenters. The molecule has 6 heteroatoms. The normalized spacial score (nSPS) is 11.1. The topological polar surface area (TPSA) is 99.5 Å². The zero-order chi connectivity index (χ0) is 14.5. The number of aromatic carboxylic acids is 1. The van der Waals surface area contributed by atoms with Crippen molar-refractivity contribution in [2.75, 3.05) is 13.2 Å². The Balaban J connectivity index is 2.77. The molecule has 0 aliphatic heterocycles. The average molecular weight is 266 g/mol. The Labute approximate surface area is 111 Å². The number of carboxylic acid groups (broad SMARTS) is 1. The Morgan fingerprint density at radius 2 is 2.11 bits per heavy atom. The minimum absolute atomic E-state index is 0.0346. The zero-order valence-corrected chi connectivity index (χ0v) is 11.0. The number of hydrogen-bond acceptors (Lipinski definition) is 4. The molecule has 104 valence electrons. The van der Waals surface area contributed by atoms with Crippen LogP contribution in [0.4, 0.5) is 0 Å². The fourth-order valence-electron chi connectivity index (χ4n) is 1.55. The number of rotatable bonds is 6. The van der Waals surface area contributed by atoms with Gasteiger partial charge in [0.25, 0.3) is 5.91 Å². The predicted molar refractivity (Wildman–Crippen MR) is 69.0 cm³/mol. The van der Waals surface area contributed by atoms with Crippen molar-refractivity contribution in [3.05, 3.63) is 29.6 Å². The third kappa shape index (κ3) is 4.33. The van der Waals surface area contributed by atoms with Gasteiger partial charge in [0.2, 0.25) is 0 Å². The highest BCUT2D eigenvalue weighted by atomic mass is 16.4. The van der Waals surface area contributed by atoms with Crippen LogP contribution in [0.5, 0.6) is 0 Å². The maximum Gasteiger partial charge on any atom is 0.338 e. The first-order chi connectivity index (χ1) is 8.87. The predicted octanol–water partition coefficient (Wildman–Crippen LogP) is 0.918. The number of carbonyl (C=O) groups excluding carboxylic acids is 1. The first-order valence-electron chi connectivity index (χ1n) is 5.95. The summed E-state index contributed by atoms with van der Waals surface area (Å²) in [6, 6.07) is 2.80. The zero-order valence-electron chi connectivity index (χ0n) is 11.0. The molecule has 0 aliphatic rings. The van der Waals surface area contributed by atoms with Crippen LogP contribution in [-0.2, 0) is 0 Å². The highest BCUT2D eigenvalue weighted by Crippen LogP contribution is 2.18. The van der Waals surface area contributed by atoms with E-state index in [2.05, 4.69) is 10.3 Å². The summed E-state index contributed by atoms with van der Waals surface area (Å²) >= 11 is 0. The van der Waals surface area contributed by atoms with Crippen LogP contribution in [0.25, 0.3) is 0 Å². The number of aliphatic hydroxyl groups is 1. The van der Waals surface area contributed by atoms with Gasteiger partial charge in [0.15, 0.2) is 0 Å². The van der Waals surface area contributed by atoms with Crippen molar-refractivity contribution in [2.45, 2.75) is 20.3 Å². The van der Waals surface area contributed by atoms with Crippen molar-refractivity contribution in [1.29, 1.82) is 0 Å². The maximum absolute atomic E-state index is 11.9. The van der Waals surface area contributed by atoms with Crippen LogP contribution >= 0.6 is 0 Å². The summed E-state index contributed by atoms with van der Waals surface area (Å²) in [4.78, 5) is 26.7. The first-order valence-corrected chi connectivity index (χ1v) is 5.95. The SMILES string of the molecule is CC(C)(CCO)CNC(=O)c1ncccc1C(=O)O. The van der Waals surface area contributed by atoms with Gasteiger partial charge in [-0.3, -0.25) is 9.78 Å². The molecule has 19 heavy (non-hydrogen) atoms. The molecule has 1 amide bonds. The van der Waals surface area contributed by atoms with Crippen molar-refractivity contribution < 1.29 is 19.8 Å². The van der Waals surface area contributed by atoms with Gasteiger partial charge in [0.05, 0.1) is 5.56 Å². The standard InChI is InChI=1S/C13H18N2O4/c1-13(2,5-7-16)8-15-11(17)10-9(12(18)19)4-3-6-14-10/h3-4,6,16H,5,7-8H2,1-2H3,(H,15,17)(H,18,19). The van der Waals surface area contributed by atoms with Crippen molar-refractivity contribution in [3.63, 3.8) is 0 Å². The van der Waals surface area contributed by atoms with E-state index < -0.39 is 11.9 Å². The van der Waals surface area contributed by atoms with E-state index in [1.54, 1.807) is 0 Å². The molecule has 0 aromatic carbocycles. The lowest BCUT2D eigenvalue weighted by Gasteiger charge is -2.23. The highest BCUT2D eigenvalue weighted by molar-refractivity contribution is 6.03. The molecule has 0 unspecified atom stereocenters. The summed E-state index contributed by atoms with van der Waals surface area (Å²) in [6.07, 6.45) is 1.92. The summed E-state index contributed by atoms with van der Waals surface area (Å²) < 4.78 is 0. The highest BCUT2D eigenvalue weighted by Gasteiger charge is 2.21. The van der Waals surface area contributed by atoms with Crippen LogP contribution < -0.4 is 5.32 Å². The van der Waals surface area contributed by atoms with Crippen LogP contribution in [0.1, 0.15) is 41.1 Å². The van der Waals surface area contributed by atoms with Crippen molar-refractivity contribution in [2.24, 2.45) is 5.41 Å². The molecule has 3 N–H and O–H groups in total. The molecule has 1 rings (SSSR count). The number of amides is 1. The van der Waals surface area contributed by atoms with Gasteiger partial charge < -0.3 is 15.5 Å². The minimum Gasteiger partial charge on any atom is -0.478 e. The molecule has 0 fully saturated rings. The number of aromatic nitrogens is 1. The molecule has 0 bridgehead atoms. The van der Waals surface area contributed by atoms with Crippen LogP contribution in [0.15, 0.2) is 18.3 Å². The van der Waals surface area contributed by atoms with Gasteiger partial charge in [0.1, 0.15) is 5.69 Å². The number of nitrogens with one attached hydrogen (secondary N) is 1. The van der Waals surface area contributed by atoms with Crippen molar-refractivity contribution in [1.82, 2.24) is 10.3 Å². The average Bonchev–Trinajstić information content (AvgIpc) is 2.36. The van der Waals surface area contributed by atoms with Gasteiger partial charge in [-0.15, -0.1) is 0 Å². The quantitative estimate of drug-likeness (QED) is 0.711. The Hall–Kier alpha value is -1.95. The Morgan fingerprint density at radius 3 is 2.68 bits per heavy atom. The molecule has 0 aliphatic carbocycles. The number of pyridine rings is 1. The monoisotopic (exact) mass is 266 g/mol. The molecule has 1 heterocycles. The smallest absolute Gasteiger partial charge is 0.338 e. The van der Waals surface area contributed by atoms with E-state index in [0.29, 0.717) is 13.0 Å². The van der Waals surface area contributed by atoms with E-state index in [9.17, 15) is 9.59 Å². The number of nitrogens with zero attached hydrogens (tertiary/aromatic N) is 1. The third-order valence-corrected chi connectivity index (χ3v) is 2.77. The summed E-state index contributed by atoms with van der Waals surface area (Å²) in [5, 5.41) is 20.5. The number of carboxylic acids is 1. The molecular formula is C13H18N2O4. The maximum atomic E-state index is 11.9. The Bertz CT molecular complexity index is 471. The van der Waals surface area contributed by atoms with E-state index >= 15 is 0 Å². The van der Waals surface area contributed by atoms with Gasteiger partial charge in [-0.05, 0) is 24.0 Å². The van der Waals surface area contributed by atoms with E-state index in [1.807, 2.05) is 13.8 Å². The molecule has 0 saturated heterocycles. The van der Waals surface area contributed by atoms with E-state index in [4.69, 9.17) is 10.2 Å². The molecule has 0 spiro atoms. The lowest BCUT2D eigenvalue weighted by Crippen LogP contribution is -2.35. The van der Waals surface area contributed by atoms with Crippen LogP contribution in [0, 0.1) is 5.41 Å². The Morgan fingerprint density at radius 1 is 1.42 bits per heavy atom. The Kier molecular flexibility index (Phi) is 5.00. The largest absolute Gasteiger partial charge is 0.478 e. The van der Waals surface area contributed by atoms with Crippen LogP contribution in [0.2, 0.25) is 0 Å². The number of aliphatic hydroxyl groups excluding tert-OH is 1. The minimum atomic E-state index is -1.19. The van der Waals surface area contributed by atoms with Crippen molar-refractivity contribution in [3.8, 4) is 0 Å². The summed E-state index contributed by atoms with van der Waals surface area (Å²) in [5.74, 6) is -1.71. The van der Waals surface area contributed by atoms with Gasteiger partial charge in [-0.1, -0.05) is 13.8 Å². The van der Waals surface area contributed by atoms with Gasteiger partial charge >= 0.3 is 5.97 Å². The lowest BCUT2D eigenvalue weighted by molar-refractivity contribution is 0.0689. The van der Waals surface area contributed by atoms with Gasteiger partial charge in [-0.25, -0.2) is 4.79 Å². The second-order valence-electron chi connectivity index (χ2n) is 5.03.